The van der Waals surface area contributed by atoms with Gasteiger partial charge in [-0.3, -0.25) is 0 Å². The standard InChI is InChI=1S/C2H4O3.Zn/c3-1-2(4)5;/h3H,1H2,(H,4,5);. The number of carbonyl (C=O) groups is 1. The summed E-state index contributed by atoms with van der Waals surface area (Å²) < 4.78 is 0. The van der Waals surface area contributed by atoms with E-state index in [4.69, 9.17) is 15.0 Å². The van der Waals surface area contributed by atoms with Gasteiger partial charge in [0.15, 0.2) is 0 Å². The summed E-state index contributed by atoms with van der Waals surface area (Å²) in [5.41, 5.74) is 0. The molecule has 0 aliphatic heterocycles. The van der Waals surface area contributed by atoms with Crippen molar-refractivity contribution in [2.75, 3.05) is 6.61 Å². The van der Waals surface area contributed by atoms with Gasteiger partial charge < -0.3 is 10.2 Å². The molecule has 3 nitrogen and oxygen atoms in total. The van der Waals surface area contributed by atoms with Gasteiger partial charge in [-0.15, -0.1) is 0 Å². The molecule has 0 aromatic carbocycles. The van der Waals surface area contributed by atoms with E-state index < -0.39 is 12.6 Å². The van der Waals surface area contributed by atoms with Gasteiger partial charge in [-0.05, 0) is 0 Å². The van der Waals surface area contributed by atoms with E-state index in [9.17, 15) is 0 Å². The maximum Gasteiger partial charge on any atom is 0.329 e. The monoisotopic (exact) mass is 140 g/mol. The van der Waals surface area contributed by atoms with Gasteiger partial charge in [0.25, 0.3) is 0 Å². The largest absolute Gasteiger partial charge is 0.480 e. The Morgan fingerprint density at radius 3 is 1.83 bits per heavy atom. The van der Waals surface area contributed by atoms with Gasteiger partial charge >= 0.3 is 5.97 Å². The van der Waals surface area contributed by atoms with Gasteiger partial charge in [0.1, 0.15) is 6.61 Å². The van der Waals surface area contributed by atoms with Crippen molar-refractivity contribution < 1.29 is 34.5 Å². The second-order valence-electron chi connectivity index (χ2n) is 0.552. The molecule has 32 valence electrons. The Morgan fingerprint density at radius 1 is 1.67 bits per heavy atom. The van der Waals surface area contributed by atoms with Gasteiger partial charge in [-0.25, -0.2) is 4.79 Å². The average molecular weight is 141 g/mol. The first kappa shape index (κ1) is 9.41. The van der Waals surface area contributed by atoms with Crippen LogP contribution in [0.15, 0.2) is 0 Å². The molecule has 0 radical (unpaired) electrons. The summed E-state index contributed by atoms with van der Waals surface area (Å²) in [4.78, 5) is 9.12. The SMILES string of the molecule is O=C(O)CO.[Zn]. The van der Waals surface area contributed by atoms with Gasteiger partial charge in [-0.2, -0.15) is 0 Å². The minimum absolute atomic E-state index is 0. The molecular weight excluding hydrogens is 137 g/mol. The molecule has 0 heterocycles. The first-order chi connectivity index (χ1) is 2.27. The maximum absolute atomic E-state index is 9.12. The molecule has 0 bridgehead atoms. The number of hydrogen-bond acceptors (Lipinski definition) is 2. The first-order valence-electron chi connectivity index (χ1n) is 1.10. The average Bonchev–Trinajstić information content (AvgIpc) is 1.38. The van der Waals surface area contributed by atoms with Gasteiger partial charge in [0, 0.05) is 19.5 Å². The third-order valence-corrected chi connectivity index (χ3v) is 0.135. The van der Waals surface area contributed by atoms with Crippen LogP contribution in [0.25, 0.3) is 0 Å². The number of hydrogen-bond donors (Lipinski definition) is 2. The summed E-state index contributed by atoms with van der Waals surface area (Å²) in [6.45, 7) is -0.778. The Morgan fingerprint density at radius 2 is 1.83 bits per heavy atom. The number of aliphatic hydroxyl groups is 1. The zero-order valence-electron chi connectivity index (χ0n) is 3.22. The quantitative estimate of drug-likeness (QED) is 0.464. The van der Waals surface area contributed by atoms with Crippen LogP contribution in [0.4, 0.5) is 0 Å². The van der Waals surface area contributed by atoms with Crippen LogP contribution < -0.4 is 0 Å². The van der Waals surface area contributed by atoms with Crippen molar-refractivity contribution in [3.8, 4) is 0 Å². The van der Waals surface area contributed by atoms with Crippen LogP contribution in [0.2, 0.25) is 0 Å². The smallest absolute Gasteiger partial charge is 0.329 e. The van der Waals surface area contributed by atoms with Crippen molar-refractivity contribution in [3.63, 3.8) is 0 Å². The molecule has 0 aromatic rings. The second kappa shape index (κ2) is 5.05. The van der Waals surface area contributed by atoms with E-state index in [0.29, 0.717) is 0 Å². The Balaban J connectivity index is 0. The van der Waals surface area contributed by atoms with E-state index in [2.05, 4.69) is 0 Å². The van der Waals surface area contributed by atoms with E-state index in [-0.39, 0.29) is 19.5 Å². The molecule has 0 saturated carbocycles. The van der Waals surface area contributed by atoms with Crippen LogP contribution in [0.5, 0.6) is 0 Å². The zero-order chi connectivity index (χ0) is 4.28. The molecule has 0 fully saturated rings. The van der Waals surface area contributed by atoms with E-state index >= 15 is 0 Å². The molecule has 0 aromatic heterocycles. The van der Waals surface area contributed by atoms with Crippen LogP contribution in [0.1, 0.15) is 0 Å². The fraction of sp³-hybridized carbons (Fsp3) is 0.500. The molecule has 2 N–H and O–H groups in total. The number of carboxylic acids is 1. The van der Waals surface area contributed by atoms with Crippen molar-refractivity contribution in [3.05, 3.63) is 0 Å². The minimum Gasteiger partial charge on any atom is -0.480 e. The van der Waals surface area contributed by atoms with Gasteiger partial charge in [0.2, 0.25) is 0 Å². The summed E-state index contributed by atoms with van der Waals surface area (Å²) >= 11 is 0. The van der Waals surface area contributed by atoms with E-state index in [1.807, 2.05) is 0 Å². The van der Waals surface area contributed by atoms with Crippen LogP contribution in [-0.4, -0.2) is 22.8 Å². The molecule has 0 unspecified atom stereocenters. The molecule has 0 atom stereocenters. The fourth-order valence-corrected chi connectivity index (χ4v) is 0. The number of carboxylic acid groups (broad SMARTS) is 1. The molecule has 0 rings (SSSR count). The summed E-state index contributed by atoms with van der Waals surface area (Å²) in [5, 5.41) is 15.0. The van der Waals surface area contributed by atoms with E-state index in [1.165, 1.54) is 0 Å². The zero-order valence-corrected chi connectivity index (χ0v) is 6.18. The van der Waals surface area contributed by atoms with Crippen LogP contribution in [-0.2, 0) is 24.3 Å². The Bertz CT molecular complexity index is 44.1. The number of rotatable bonds is 1. The Kier molecular flexibility index (Phi) is 7.92. The predicted octanol–water partition coefficient (Wildman–Crippen LogP) is -0.939. The Hall–Kier alpha value is 0.0534. The second-order valence-corrected chi connectivity index (χ2v) is 0.552. The number of aliphatic carboxylic acids is 1. The summed E-state index contributed by atoms with van der Waals surface area (Å²) in [5.74, 6) is -1.19. The summed E-state index contributed by atoms with van der Waals surface area (Å²) in [6, 6.07) is 0. The predicted molar refractivity (Wildman–Crippen MR) is 14.7 cm³/mol. The van der Waals surface area contributed by atoms with E-state index in [1.54, 1.807) is 0 Å². The third kappa shape index (κ3) is 8.96. The summed E-state index contributed by atoms with van der Waals surface area (Å²) in [6.07, 6.45) is 0. The van der Waals surface area contributed by atoms with Crippen LogP contribution >= 0.6 is 0 Å². The third-order valence-electron chi connectivity index (χ3n) is 0.135. The fourth-order valence-electron chi connectivity index (χ4n) is 0. The van der Waals surface area contributed by atoms with Crippen molar-refractivity contribution in [2.24, 2.45) is 0 Å². The molecule has 0 amide bonds. The number of aliphatic hydroxyl groups excluding tert-OH is 1. The summed E-state index contributed by atoms with van der Waals surface area (Å²) in [7, 11) is 0. The van der Waals surface area contributed by atoms with Crippen molar-refractivity contribution in [1.82, 2.24) is 0 Å². The molecular formula is C2H4O3Zn. The van der Waals surface area contributed by atoms with Crippen LogP contribution in [0.3, 0.4) is 0 Å². The molecule has 0 aliphatic carbocycles. The van der Waals surface area contributed by atoms with Crippen LogP contribution in [0, 0.1) is 0 Å². The van der Waals surface area contributed by atoms with Crippen molar-refractivity contribution in [2.45, 2.75) is 0 Å². The topological polar surface area (TPSA) is 57.5 Å². The normalized spacial score (nSPS) is 6.17. The van der Waals surface area contributed by atoms with E-state index in [0.717, 1.165) is 0 Å². The molecule has 6 heavy (non-hydrogen) atoms. The Labute approximate surface area is 47.7 Å². The molecule has 0 spiro atoms. The first-order valence-corrected chi connectivity index (χ1v) is 1.10. The molecule has 0 saturated heterocycles. The maximum atomic E-state index is 9.12. The molecule has 4 heteroatoms. The molecule has 0 aliphatic rings. The van der Waals surface area contributed by atoms with Gasteiger partial charge in [-0.1, -0.05) is 0 Å². The van der Waals surface area contributed by atoms with Crippen molar-refractivity contribution >= 4 is 5.97 Å². The minimum atomic E-state index is -1.19. The van der Waals surface area contributed by atoms with Crippen molar-refractivity contribution in [1.29, 1.82) is 0 Å². The van der Waals surface area contributed by atoms with Gasteiger partial charge in [0.05, 0.1) is 0 Å².